The fraction of sp³-hybridized carbons (Fsp3) is 0.333. The maximum atomic E-state index is 11.7. The lowest BCUT2D eigenvalue weighted by Crippen LogP contribution is -2.08. The lowest BCUT2D eigenvalue weighted by Gasteiger charge is -2.06. The molecule has 0 bridgehead atoms. The summed E-state index contributed by atoms with van der Waals surface area (Å²) >= 11 is 1.25. The summed E-state index contributed by atoms with van der Waals surface area (Å²) in [5.41, 5.74) is -0.241. The third kappa shape index (κ3) is 2.24. The van der Waals surface area contributed by atoms with Gasteiger partial charge >= 0.3 is 5.97 Å². The van der Waals surface area contributed by atoms with Gasteiger partial charge in [-0.25, -0.2) is 9.78 Å². The van der Waals surface area contributed by atoms with Crippen LogP contribution < -0.4 is 0 Å². The average molecular weight is 267 g/mol. The van der Waals surface area contributed by atoms with Crippen molar-refractivity contribution < 1.29 is 19.7 Å². The topological polar surface area (TPSA) is 79.7 Å². The Balaban J connectivity index is 2.33. The van der Waals surface area contributed by atoms with Gasteiger partial charge in [-0.1, -0.05) is 13.3 Å². The molecule has 0 amide bonds. The fourth-order valence-corrected chi connectivity index (χ4v) is 2.31. The van der Waals surface area contributed by atoms with Crippen LogP contribution in [-0.2, 0) is 4.74 Å². The van der Waals surface area contributed by atoms with E-state index in [4.69, 9.17) is 4.74 Å². The highest BCUT2D eigenvalue weighted by Crippen LogP contribution is 2.36. The third-order valence-electron chi connectivity index (χ3n) is 2.49. The molecule has 2 aromatic rings. The molecule has 0 fully saturated rings. The van der Waals surface area contributed by atoms with Crippen molar-refractivity contribution in [2.75, 3.05) is 6.61 Å². The van der Waals surface area contributed by atoms with Crippen molar-refractivity contribution >= 4 is 27.4 Å². The van der Waals surface area contributed by atoms with Crippen LogP contribution in [0.15, 0.2) is 11.4 Å². The van der Waals surface area contributed by atoms with Crippen LogP contribution in [-0.4, -0.2) is 27.8 Å². The first kappa shape index (κ1) is 12.6. The number of ether oxygens (including phenoxy) is 1. The molecule has 0 atom stereocenters. The number of fused-ring (bicyclic) bond motifs is 1. The number of pyridine rings is 1. The summed E-state index contributed by atoms with van der Waals surface area (Å²) in [4.78, 5) is 15.4. The Bertz CT molecular complexity index is 579. The Morgan fingerprint density at radius 2 is 2.28 bits per heavy atom. The molecule has 0 aliphatic carbocycles. The van der Waals surface area contributed by atoms with E-state index in [1.165, 1.54) is 11.3 Å². The number of hydrogen-bond donors (Lipinski definition) is 2. The molecule has 0 aromatic carbocycles. The summed E-state index contributed by atoms with van der Waals surface area (Å²) in [5.74, 6) is -1.23. The van der Waals surface area contributed by atoms with Gasteiger partial charge in [-0.05, 0) is 17.9 Å². The summed E-state index contributed by atoms with van der Waals surface area (Å²) in [6.07, 6.45) is 1.65. The van der Waals surface area contributed by atoms with Gasteiger partial charge < -0.3 is 14.9 Å². The molecule has 0 unspecified atom stereocenters. The molecule has 2 rings (SSSR count). The monoisotopic (exact) mass is 267 g/mol. The second kappa shape index (κ2) is 5.22. The summed E-state index contributed by atoms with van der Waals surface area (Å²) in [7, 11) is 0. The van der Waals surface area contributed by atoms with E-state index in [9.17, 15) is 15.0 Å². The molecule has 6 heteroatoms. The number of rotatable bonds is 4. The Kier molecular flexibility index (Phi) is 3.66. The standard InChI is InChI=1S/C12H13NO4S/c1-2-3-5-17-12(16)8-9(14)7-4-6-18-10(7)11(15)13-8/h4,6,14H,2-3,5H2,1H3,(H,13,15). The number of hydrogen-bond acceptors (Lipinski definition) is 6. The zero-order valence-corrected chi connectivity index (χ0v) is 10.7. The minimum Gasteiger partial charge on any atom is -0.505 e. The number of aromatic nitrogens is 1. The van der Waals surface area contributed by atoms with Crippen molar-refractivity contribution in [1.29, 1.82) is 0 Å². The predicted octanol–water partition coefficient (Wildman–Crippen LogP) is 2.66. The predicted molar refractivity (Wildman–Crippen MR) is 68.1 cm³/mol. The van der Waals surface area contributed by atoms with E-state index >= 15 is 0 Å². The molecule has 0 spiro atoms. The Morgan fingerprint density at radius 3 is 3.00 bits per heavy atom. The number of thiophene rings is 1. The number of unbranched alkanes of at least 4 members (excludes halogenated alkanes) is 1. The van der Waals surface area contributed by atoms with Crippen LogP contribution in [0.3, 0.4) is 0 Å². The SMILES string of the molecule is CCCCOC(=O)c1nc(O)c2sccc2c1O. The van der Waals surface area contributed by atoms with Crippen LogP contribution in [0.25, 0.3) is 10.1 Å². The molecule has 96 valence electrons. The van der Waals surface area contributed by atoms with Crippen molar-refractivity contribution in [3.05, 3.63) is 17.1 Å². The quantitative estimate of drug-likeness (QED) is 0.657. The molecular formula is C12H13NO4S. The van der Waals surface area contributed by atoms with Crippen molar-refractivity contribution in [2.45, 2.75) is 19.8 Å². The number of carbonyl (C=O) groups is 1. The molecule has 18 heavy (non-hydrogen) atoms. The highest BCUT2D eigenvalue weighted by atomic mass is 32.1. The van der Waals surface area contributed by atoms with Crippen LogP contribution >= 0.6 is 11.3 Å². The van der Waals surface area contributed by atoms with Gasteiger partial charge in [0, 0.05) is 5.39 Å². The van der Waals surface area contributed by atoms with E-state index < -0.39 is 5.97 Å². The number of carbonyl (C=O) groups excluding carboxylic acids is 1. The first-order valence-electron chi connectivity index (χ1n) is 5.61. The van der Waals surface area contributed by atoms with Crippen molar-refractivity contribution in [3.63, 3.8) is 0 Å². The largest absolute Gasteiger partial charge is 0.505 e. The third-order valence-corrected chi connectivity index (χ3v) is 3.40. The zero-order valence-electron chi connectivity index (χ0n) is 9.84. The molecule has 0 aliphatic rings. The van der Waals surface area contributed by atoms with E-state index in [0.717, 1.165) is 12.8 Å². The van der Waals surface area contributed by atoms with Gasteiger partial charge in [0.2, 0.25) is 5.88 Å². The summed E-state index contributed by atoms with van der Waals surface area (Å²) < 4.78 is 5.42. The van der Waals surface area contributed by atoms with Gasteiger partial charge in [-0.2, -0.15) is 0 Å². The van der Waals surface area contributed by atoms with Crippen LogP contribution in [0.5, 0.6) is 11.6 Å². The Labute approximate surface area is 108 Å². The molecule has 0 saturated carbocycles. The first-order chi connectivity index (χ1) is 8.65. The summed E-state index contributed by atoms with van der Waals surface area (Å²) in [5, 5.41) is 21.7. The maximum absolute atomic E-state index is 11.7. The molecular weight excluding hydrogens is 254 g/mol. The number of esters is 1. The van der Waals surface area contributed by atoms with Crippen molar-refractivity contribution in [2.24, 2.45) is 0 Å². The van der Waals surface area contributed by atoms with E-state index in [2.05, 4.69) is 4.98 Å². The van der Waals surface area contributed by atoms with Gasteiger partial charge in [0.1, 0.15) is 4.70 Å². The summed E-state index contributed by atoms with van der Waals surface area (Å²) in [6, 6.07) is 1.62. The van der Waals surface area contributed by atoms with Crippen LogP contribution in [0.4, 0.5) is 0 Å². The van der Waals surface area contributed by atoms with Crippen LogP contribution in [0.2, 0.25) is 0 Å². The molecule has 2 N–H and O–H groups in total. The molecule has 2 heterocycles. The fourth-order valence-electron chi connectivity index (χ4n) is 1.53. The van der Waals surface area contributed by atoms with E-state index in [1.807, 2.05) is 6.92 Å². The molecule has 0 saturated heterocycles. The number of aromatic hydroxyl groups is 2. The Hall–Kier alpha value is -1.82. The highest BCUT2D eigenvalue weighted by Gasteiger charge is 2.20. The molecule has 0 aliphatic heterocycles. The second-order valence-corrected chi connectivity index (χ2v) is 4.70. The van der Waals surface area contributed by atoms with Crippen LogP contribution in [0.1, 0.15) is 30.3 Å². The average Bonchev–Trinajstić information content (AvgIpc) is 2.84. The van der Waals surface area contributed by atoms with Crippen LogP contribution in [0, 0.1) is 0 Å². The Morgan fingerprint density at radius 1 is 1.50 bits per heavy atom. The molecule has 2 aromatic heterocycles. The van der Waals surface area contributed by atoms with E-state index in [1.54, 1.807) is 11.4 Å². The zero-order chi connectivity index (χ0) is 13.1. The number of nitrogens with zero attached hydrogens (tertiary/aromatic N) is 1. The van der Waals surface area contributed by atoms with Gasteiger partial charge in [0.15, 0.2) is 11.4 Å². The lowest BCUT2D eigenvalue weighted by atomic mass is 10.2. The first-order valence-corrected chi connectivity index (χ1v) is 6.49. The van der Waals surface area contributed by atoms with Gasteiger partial charge in [-0.15, -0.1) is 11.3 Å². The van der Waals surface area contributed by atoms with Crippen molar-refractivity contribution in [1.82, 2.24) is 4.98 Å². The molecule has 5 nitrogen and oxygen atoms in total. The van der Waals surface area contributed by atoms with Gasteiger partial charge in [0.25, 0.3) is 0 Å². The normalized spacial score (nSPS) is 10.7. The van der Waals surface area contributed by atoms with Gasteiger partial charge in [-0.3, -0.25) is 0 Å². The maximum Gasteiger partial charge on any atom is 0.360 e. The van der Waals surface area contributed by atoms with Crippen molar-refractivity contribution in [3.8, 4) is 11.6 Å². The highest BCUT2D eigenvalue weighted by molar-refractivity contribution is 7.17. The lowest BCUT2D eigenvalue weighted by molar-refractivity contribution is 0.0488. The second-order valence-electron chi connectivity index (χ2n) is 3.79. The minimum absolute atomic E-state index is 0.241. The minimum atomic E-state index is -0.718. The van der Waals surface area contributed by atoms with E-state index in [0.29, 0.717) is 10.1 Å². The summed E-state index contributed by atoms with van der Waals surface area (Å²) in [6.45, 7) is 2.26. The molecule has 0 radical (unpaired) electrons. The van der Waals surface area contributed by atoms with Gasteiger partial charge in [0.05, 0.1) is 6.61 Å². The smallest absolute Gasteiger partial charge is 0.360 e. The van der Waals surface area contributed by atoms with E-state index in [-0.39, 0.29) is 23.9 Å².